The molecule has 29 heavy (non-hydrogen) atoms. The van der Waals surface area contributed by atoms with Crippen molar-refractivity contribution >= 4 is 12.1 Å². The quantitative estimate of drug-likeness (QED) is 0.507. The molecule has 1 saturated heterocycles. The molecule has 8 heteroatoms. The van der Waals surface area contributed by atoms with Crippen molar-refractivity contribution in [3.8, 4) is 11.5 Å². The SMILES string of the molecule is CCN(C(=O)OC(C)OC(=O)C1CCOCC1)C(C)Cc1ccc2c(c1)OCO2. The maximum Gasteiger partial charge on any atom is 0.413 e. The van der Waals surface area contributed by atoms with E-state index in [2.05, 4.69) is 0 Å². The maximum atomic E-state index is 12.6. The minimum Gasteiger partial charge on any atom is -0.454 e. The van der Waals surface area contributed by atoms with Gasteiger partial charge in [0.15, 0.2) is 11.5 Å². The van der Waals surface area contributed by atoms with Crippen molar-refractivity contribution in [2.45, 2.75) is 52.4 Å². The van der Waals surface area contributed by atoms with Gasteiger partial charge in [0.1, 0.15) is 0 Å². The first kappa shape index (κ1) is 21.2. The Balaban J connectivity index is 1.51. The minimum atomic E-state index is -0.940. The molecule has 2 aliphatic heterocycles. The molecule has 2 heterocycles. The van der Waals surface area contributed by atoms with Crippen LogP contribution in [0, 0.1) is 5.92 Å². The zero-order valence-electron chi connectivity index (χ0n) is 17.2. The molecule has 2 unspecified atom stereocenters. The van der Waals surface area contributed by atoms with Crippen LogP contribution in [0.15, 0.2) is 18.2 Å². The lowest BCUT2D eigenvalue weighted by molar-refractivity contribution is -0.174. The van der Waals surface area contributed by atoms with Crippen LogP contribution in [0.1, 0.15) is 39.2 Å². The van der Waals surface area contributed by atoms with Crippen LogP contribution in [-0.4, -0.2) is 55.8 Å². The fourth-order valence-corrected chi connectivity index (χ4v) is 3.57. The van der Waals surface area contributed by atoms with Crippen molar-refractivity contribution in [2.75, 3.05) is 26.6 Å². The Kier molecular flexibility index (Phi) is 7.19. The lowest BCUT2D eigenvalue weighted by Crippen LogP contribution is -2.42. The second kappa shape index (κ2) is 9.82. The number of carbonyl (C=O) groups is 2. The first-order chi connectivity index (χ1) is 14.0. The summed E-state index contributed by atoms with van der Waals surface area (Å²) in [5, 5.41) is 0. The Morgan fingerprint density at radius 2 is 1.86 bits per heavy atom. The summed E-state index contributed by atoms with van der Waals surface area (Å²) in [6.45, 7) is 7.21. The Morgan fingerprint density at radius 1 is 1.14 bits per heavy atom. The van der Waals surface area contributed by atoms with Crippen LogP contribution in [0.4, 0.5) is 4.79 Å². The van der Waals surface area contributed by atoms with Gasteiger partial charge in [-0.2, -0.15) is 0 Å². The van der Waals surface area contributed by atoms with Gasteiger partial charge in [-0.05, 0) is 50.8 Å². The number of nitrogens with zero attached hydrogens (tertiary/aromatic N) is 1. The number of ether oxygens (including phenoxy) is 5. The second-order valence-electron chi connectivity index (χ2n) is 7.30. The number of amides is 1. The molecule has 0 aliphatic carbocycles. The molecule has 0 spiro atoms. The van der Waals surface area contributed by atoms with E-state index in [1.165, 1.54) is 0 Å². The summed E-state index contributed by atoms with van der Waals surface area (Å²) >= 11 is 0. The normalized spacial score (nSPS) is 18.0. The molecule has 2 aliphatic rings. The highest BCUT2D eigenvalue weighted by Crippen LogP contribution is 2.33. The molecule has 0 radical (unpaired) electrons. The monoisotopic (exact) mass is 407 g/mol. The van der Waals surface area contributed by atoms with Gasteiger partial charge in [-0.25, -0.2) is 4.79 Å². The first-order valence-electron chi connectivity index (χ1n) is 10.1. The second-order valence-corrected chi connectivity index (χ2v) is 7.30. The molecule has 1 aromatic rings. The molecule has 1 amide bonds. The average Bonchev–Trinajstić information content (AvgIpc) is 3.16. The van der Waals surface area contributed by atoms with Gasteiger partial charge in [0.05, 0.1) is 5.92 Å². The fourth-order valence-electron chi connectivity index (χ4n) is 3.57. The van der Waals surface area contributed by atoms with Gasteiger partial charge in [0.25, 0.3) is 0 Å². The summed E-state index contributed by atoms with van der Waals surface area (Å²) in [6, 6.07) is 5.65. The van der Waals surface area contributed by atoms with Gasteiger partial charge in [-0.1, -0.05) is 6.07 Å². The molecule has 1 aromatic carbocycles. The van der Waals surface area contributed by atoms with Crippen molar-refractivity contribution in [3.63, 3.8) is 0 Å². The minimum absolute atomic E-state index is 0.105. The van der Waals surface area contributed by atoms with E-state index in [0.29, 0.717) is 44.8 Å². The van der Waals surface area contributed by atoms with E-state index >= 15 is 0 Å². The van der Waals surface area contributed by atoms with Crippen LogP contribution >= 0.6 is 0 Å². The van der Waals surface area contributed by atoms with Crippen molar-refractivity contribution in [1.82, 2.24) is 4.90 Å². The van der Waals surface area contributed by atoms with E-state index in [1.54, 1.807) is 11.8 Å². The van der Waals surface area contributed by atoms with Gasteiger partial charge in [0, 0.05) is 32.7 Å². The van der Waals surface area contributed by atoms with Gasteiger partial charge in [-0.15, -0.1) is 0 Å². The molecule has 0 aromatic heterocycles. The van der Waals surface area contributed by atoms with Crippen molar-refractivity contribution in [3.05, 3.63) is 23.8 Å². The number of hydrogen-bond acceptors (Lipinski definition) is 7. The summed E-state index contributed by atoms with van der Waals surface area (Å²) in [5.41, 5.74) is 1.03. The van der Waals surface area contributed by atoms with Crippen molar-refractivity contribution < 1.29 is 33.3 Å². The van der Waals surface area contributed by atoms with E-state index in [9.17, 15) is 9.59 Å². The Bertz CT molecular complexity index is 717. The van der Waals surface area contributed by atoms with E-state index in [1.807, 2.05) is 32.0 Å². The van der Waals surface area contributed by atoms with Gasteiger partial charge >= 0.3 is 12.1 Å². The molecular weight excluding hydrogens is 378 g/mol. The van der Waals surface area contributed by atoms with E-state index in [4.69, 9.17) is 23.7 Å². The Morgan fingerprint density at radius 3 is 2.59 bits per heavy atom. The average molecular weight is 407 g/mol. The number of hydrogen-bond donors (Lipinski definition) is 0. The van der Waals surface area contributed by atoms with Gasteiger partial charge in [-0.3, -0.25) is 4.79 Å². The fraction of sp³-hybridized carbons (Fsp3) is 0.619. The largest absolute Gasteiger partial charge is 0.454 e. The number of likely N-dealkylation sites (N-methyl/N-ethyl adjacent to an activating group) is 1. The third kappa shape index (κ3) is 5.53. The predicted octanol–water partition coefficient (Wildman–Crippen LogP) is 3.12. The highest BCUT2D eigenvalue weighted by atomic mass is 16.7. The third-order valence-electron chi connectivity index (χ3n) is 5.18. The maximum absolute atomic E-state index is 12.6. The van der Waals surface area contributed by atoms with Crippen LogP contribution < -0.4 is 9.47 Å². The van der Waals surface area contributed by atoms with Crippen LogP contribution in [0.5, 0.6) is 11.5 Å². The lowest BCUT2D eigenvalue weighted by Gasteiger charge is -2.29. The predicted molar refractivity (Wildman–Crippen MR) is 104 cm³/mol. The zero-order valence-corrected chi connectivity index (χ0v) is 17.2. The van der Waals surface area contributed by atoms with Gasteiger partial charge < -0.3 is 28.6 Å². The topological polar surface area (TPSA) is 83.5 Å². The standard InChI is InChI=1S/C21H29NO7/c1-4-22(14(2)11-16-5-6-18-19(12-16)27-13-26-18)21(24)29-15(3)28-20(23)17-7-9-25-10-8-17/h5-6,12,14-15,17H,4,7-11,13H2,1-3H3. The van der Waals surface area contributed by atoms with Crippen LogP contribution in [0.3, 0.4) is 0 Å². The number of esters is 1. The third-order valence-corrected chi connectivity index (χ3v) is 5.18. The molecule has 0 bridgehead atoms. The summed E-state index contributed by atoms with van der Waals surface area (Å²) in [6.07, 6.45) is 0.452. The molecule has 0 saturated carbocycles. The Hall–Kier alpha value is -2.48. The summed E-state index contributed by atoms with van der Waals surface area (Å²) in [7, 11) is 0. The van der Waals surface area contributed by atoms with E-state index < -0.39 is 12.4 Å². The molecule has 3 rings (SSSR count). The van der Waals surface area contributed by atoms with E-state index in [0.717, 1.165) is 11.3 Å². The van der Waals surface area contributed by atoms with Crippen molar-refractivity contribution in [2.24, 2.45) is 5.92 Å². The smallest absolute Gasteiger partial charge is 0.413 e. The highest BCUT2D eigenvalue weighted by molar-refractivity contribution is 5.73. The van der Waals surface area contributed by atoms with Crippen LogP contribution in [0.2, 0.25) is 0 Å². The summed E-state index contributed by atoms with van der Waals surface area (Å²) in [5.74, 6) is 0.907. The van der Waals surface area contributed by atoms with Crippen molar-refractivity contribution in [1.29, 1.82) is 0 Å². The molecule has 1 fully saturated rings. The molecular formula is C21H29NO7. The summed E-state index contributed by atoms with van der Waals surface area (Å²) < 4.78 is 26.7. The molecule has 8 nitrogen and oxygen atoms in total. The zero-order chi connectivity index (χ0) is 20.8. The molecule has 160 valence electrons. The van der Waals surface area contributed by atoms with Crippen LogP contribution in [0.25, 0.3) is 0 Å². The molecule has 0 N–H and O–H groups in total. The number of benzene rings is 1. The van der Waals surface area contributed by atoms with Gasteiger partial charge in [0.2, 0.25) is 13.1 Å². The Labute approximate surface area is 171 Å². The number of fused-ring (bicyclic) bond motifs is 1. The highest BCUT2D eigenvalue weighted by Gasteiger charge is 2.27. The molecule has 2 atom stereocenters. The number of rotatable bonds is 7. The lowest BCUT2D eigenvalue weighted by atomic mass is 10.0. The van der Waals surface area contributed by atoms with Crippen LogP contribution in [-0.2, 0) is 25.4 Å². The van der Waals surface area contributed by atoms with E-state index in [-0.39, 0.29) is 24.7 Å². The summed E-state index contributed by atoms with van der Waals surface area (Å²) in [4.78, 5) is 26.4. The first-order valence-corrected chi connectivity index (χ1v) is 10.1. The number of carbonyl (C=O) groups excluding carboxylic acids is 2.